The van der Waals surface area contributed by atoms with E-state index in [-0.39, 0.29) is 5.91 Å². The monoisotopic (exact) mass is 258 g/mol. The van der Waals surface area contributed by atoms with Gasteiger partial charge >= 0.3 is 0 Å². The van der Waals surface area contributed by atoms with Crippen LogP contribution < -0.4 is 5.32 Å². The van der Waals surface area contributed by atoms with Gasteiger partial charge in [0.05, 0.1) is 0 Å². The molecule has 2 heterocycles. The second kappa shape index (κ2) is 4.64. The zero-order chi connectivity index (χ0) is 13.6. The second-order valence-electron chi connectivity index (χ2n) is 6.08. The van der Waals surface area contributed by atoms with Crippen molar-refractivity contribution in [2.45, 2.75) is 26.8 Å². The van der Waals surface area contributed by atoms with Gasteiger partial charge in [-0.05, 0) is 55.9 Å². The van der Waals surface area contributed by atoms with Crippen LogP contribution in [0.5, 0.6) is 0 Å². The highest BCUT2D eigenvalue weighted by atomic mass is 16.2. The summed E-state index contributed by atoms with van der Waals surface area (Å²) in [6, 6.07) is 6.39. The van der Waals surface area contributed by atoms with E-state index >= 15 is 0 Å². The van der Waals surface area contributed by atoms with E-state index in [4.69, 9.17) is 0 Å². The Morgan fingerprint density at radius 1 is 1.26 bits per heavy atom. The average molecular weight is 258 g/mol. The third-order valence-corrected chi connectivity index (χ3v) is 4.95. The molecule has 0 radical (unpaired) electrons. The van der Waals surface area contributed by atoms with Crippen molar-refractivity contribution < 1.29 is 4.79 Å². The molecule has 1 aromatic carbocycles. The minimum Gasteiger partial charge on any atom is -0.335 e. The number of benzene rings is 1. The van der Waals surface area contributed by atoms with E-state index < -0.39 is 0 Å². The molecular weight excluding hydrogens is 236 g/mol. The van der Waals surface area contributed by atoms with Crippen molar-refractivity contribution in [3.63, 3.8) is 0 Å². The van der Waals surface area contributed by atoms with Crippen molar-refractivity contribution in [2.24, 2.45) is 11.8 Å². The Kier molecular flexibility index (Phi) is 3.09. The van der Waals surface area contributed by atoms with E-state index in [1.54, 1.807) is 0 Å². The van der Waals surface area contributed by atoms with Gasteiger partial charge in [-0.25, -0.2) is 0 Å². The molecule has 3 rings (SSSR count). The van der Waals surface area contributed by atoms with Gasteiger partial charge in [0.1, 0.15) is 0 Å². The maximum absolute atomic E-state index is 12.7. The number of likely N-dealkylation sites (tertiary alicyclic amines) is 1. The van der Waals surface area contributed by atoms with Crippen LogP contribution in [0.3, 0.4) is 0 Å². The van der Waals surface area contributed by atoms with Crippen LogP contribution in [0.15, 0.2) is 18.2 Å². The Hall–Kier alpha value is -1.35. The molecule has 0 aromatic heterocycles. The largest absolute Gasteiger partial charge is 0.335 e. The number of hydrogen-bond acceptors (Lipinski definition) is 2. The summed E-state index contributed by atoms with van der Waals surface area (Å²) in [4.78, 5) is 14.7. The number of carbonyl (C=O) groups excluding carboxylic acids is 1. The smallest absolute Gasteiger partial charge is 0.254 e. The van der Waals surface area contributed by atoms with Crippen LogP contribution in [0.2, 0.25) is 0 Å². The van der Waals surface area contributed by atoms with E-state index in [1.807, 2.05) is 18.2 Å². The molecule has 3 nitrogen and oxygen atoms in total. The lowest BCUT2D eigenvalue weighted by molar-refractivity contribution is 0.0728. The maximum Gasteiger partial charge on any atom is 0.254 e. The van der Waals surface area contributed by atoms with Gasteiger partial charge in [0.25, 0.3) is 5.91 Å². The van der Waals surface area contributed by atoms with E-state index in [9.17, 15) is 4.79 Å². The van der Waals surface area contributed by atoms with Crippen molar-refractivity contribution in [2.75, 3.05) is 19.6 Å². The van der Waals surface area contributed by atoms with E-state index in [0.29, 0.717) is 17.9 Å². The zero-order valence-electron chi connectivity index (χ0n) is 11.9. The van der Waals surface area contributed by atoms with Crippen molar-refractivity contribution >= 4 is 5.91 Å². The SMILES string of the molecule is Cc1ccc(C(=O)N2CC3CNCC3C2C)cc1C. The molecule has 3 heteroatoms. The van der Waals surface area contributed by atoms with E-state index in [0.717, 1.165) is 25.2 Å². The fourth-order valence-corrected chi connectivity index (χ4v) is 3.48. The van der Waals surface area contributed by atoms with Gasteiger partial charge in [0.2, 0.25) is 0 Å². The van der Waals surface area contributed by atoms with Crippen LogP contribution in [0.1, 0.15) is 28.4 Å². The van der Waals surface area contributed by atoms with Crippen molar-refractivity contribution in [3.8, 4) is 0 Å². The van der Waals surface area contributed by atoms with Gasteiger partial charge in [0.15, 0.2) is 0 Å². The third-order valence-electron chi connectivity index (χ3n) is 4.95. The second-order valence-corrected chi connectivity index (χ2v) is 6.08. The Labute approximate surface area is 115 Å². The van der Waals surface area contributed by atoms with Crippen LogP contribution in [-0.2, 0) is 0 Å². The molecule has 3 atom stereocenters. The topological polar surface area (TPSA) is 32.3 Å². The predicted molar refractivity (Wildman–Crippen MR) is 76.3 cm³/mol. The van der Waals surface area contributed by atoms with Crippen molar-refractivity contribution in [1.82, 2.24) is 10.2 Å². The van der Waals surface area contributed by atoms with E-state index in [2.05, 4.69) is 31.0 Å². The molecule has 0 aliphatic carbocycles. The summed E-state index contributed by atoms with van der Waals surface area (Å²) in [5, 5.41) is 3.43. The zero-order valence-corrected chi connectivity index (χ0v) is 11.9. The molecule has 102 valence electrons. The molecular formula is C16H22N2O. The van der Waals surface area contributed by atoms with Crippen LogP contribution in [-0.4, -0.2) is 36.5 Å². The standard InChI is InChI=1S/C16H22N2O/c1-10-4-5-13(6-11(10)2)16(19)18-9-14-7-17-8-15(14)12(18)3/h4-6,12,14-15,17H,7-9H2,1-3H3. The average Bonchev–Trinajstić information content (AvgIpc) is 2.95. The lowest BCUT2D eigenvalue weighted by Gasteiger charge is -2.24. The van der Waals surface area contributed by atoms with Gasteiger partial charge in [-0.3, -0.25) is 4.79 Å². The van der Waals surface area contributed by atoms with Gasteiger partial charge in [0, 0.05) is 31.2 Å². The molecule has 1 aromatic rings. The fraction of sp³-hybridized carbons (Fsp3) is 0.562. The molecule has 2 aliphatic heterocycles. The number of hydrogen-bond donors (Lipinski definition) is 1. The van der Waals surface area contributed by atoms with E-state index in [1.165, 1.54) is 11.1 Å². The number of carbonyl (C=O) groups is 1. The summed E-state index contributed by atoms with van der Waals surface area (Å²) >= 11 is 0. The molecule has 0 saturated carbocycles. The van der Waals surface area contributed by atoms with Crippen molar-refractivity contribution in [1.29, 1.82) is 0 Å². The van der Waals surface area contributed by atoms with Crippen molar-refractivity contribution in [3.05, 3.63) is 34.9 Å². The first kappa shape index (κ1) is 12.7. The first-order valence-electron chi connectivity index (χ1n) is 7.17. The minimum atomic E-state index is 0.199. The molecule has 1 N–H and O–H groups in total. The highest BCUT2D eigenvalue weighted by Crippen LogP contribution is 2.33. The van der Waals surface area contributed by atoms with Gasteiger partial charge < -0.3 is 10.2 Å². The first-order valence-corrected chi connectivity index (χ1v) is 7.17. The lowest BCUT2D eigenvalue weighted by Crippen LogP contribution is -2.38. The molecule has 2 aliphatic rings. The molecule has 0 bridgehead atoms. The molecule has 3 unspecified atom stereocenters. The Balaban J connectivity index is 1.82. The third kappa shape index (κ3) is 2.06. The highest BCUT2D eigenvalue weighted by molar-refractivity contribution is 5.95. The Morgan fingerprint density at radius 3 is 2.74 bits per heavy atom. The lowest BCUT2D eigenvalue weighted by atomic mass is 9.95. The fourth-order valence-electron chi connectivity index (χ4n) is 3.48. The molecule has 2 fully saturated rings. The summed E-state index contributed by atoms with van der Waals surface area (Å²) in [6.07, 6.45) is 0. The summed E-state index contributed by atoms with van der Waals surface area (Å²) in [5.41, 5.74) is 3.27. The van der Waals surface area contributed by atoms with Gasteiger partial charge in [-0.15, -0.1) is 0 Å². The normalized spacial score (nSPS) is 29.6. The number of fused-ring (bicyclic) bond motifs is 1. The van der Waals surface area contributed by atoms with Crippen LogP contribution in [0, 0.1) is 25.7 Å². The number of rotatable bonds is 1. The molecule has 2 saturated heterocycles. The van der Waals surface area contributed by atoms with Crippen LogP contribution >= 0.6 is 0 Å². The van der Waals surface area contributed by atoms with Crippen LogP contribution in [0.4, 0.5) is 0 Å². The minimum absolute atomic E-state index is 0.199. The number of nitrogens with one attached hydrogen (secondary N) is 1. The Bertz CT molecular complexity index is 511. The van der Waals surface area contributed by atoms with Gasteiger partial charge in [-0.1, -0.05) is 6.07 Å². The highest BCUT2D eigenvalue weighted by Gasteiger charge is 2.43. The first-order chi connectivity index (χ1) is 9.08. The summed E-state index contributed by atoms with van der Waals surface area (Å²) in [6.45, 7) is 9.37. The summed E-state index contributed by atoms with van der Waals surface area (Å²) < 4.78 is 0. The number of aryl methyl sites for hydroxylation is 2. The summed E-state index contributed by atoms with van der Waals surface area (Å²) in [7, 11) is 0. The number of amides is 1. The maximum atomic E-state index is 12.7. The van der Waals surface area contributed by atoms with Crippen LogP contribution in [0.25, 0.3) is 0 Å². The van der Waals surface area contributed by atoms with Gasteiger partial charge in [-0.2, -0.15) is 0 Å². The predicted octanol–water partition coefficient (Wildman–Crippen LogP) is 1.98. The molecule has 1 amide bonds. The summed E-state index contributed by atoms with van der Waals surface area (Å²) in [5.74, 6) is 1.48. The quantitative estimate of drug-likeness (QED) is 0.835. The molecule has 0 spiro atoms. The number of nitrogens with zero attached hydrogens (tertiary/aromatic N) is 1. The Morgan fingerprint density at radius 2 is 2.05 bits per heavy atom. The molecule has 19 heavy (non-hydrogen) atoms.